The summed E-state index contributed by atoms with van der Waals surface area (Å²) < 4.78 is 28.8. The Bertz CT molecular complexity index is 565. The van der Waals surface area contributed by atoms with Gasteiger partial charge in [0, 0.05) is 17.7 Å². The Morgan fingerprint density at radius 3 is 2.47 bits per heavy atom. The van der Waals surface area contributed by atoms with Crippen LogP contribution in [0.25, 0.3) is 0 Å². The van der Waals surface area contributed by atoms with Crippen molar-refractivity contribution in [1.82, 2.24) is 0 Å². The minimum absolute atomic E-state index is 0.00759. The third-order valence-corrected chi connectivity index (χ3v) is 3.78. The number of benzene rings is 1. The SMILES string of the molecule is CC(=N[S@](=O)C(C)(C)C)c1cc([N+](=O)[O-])ccc1F. The zero-order valence-electron chi connectivity index (χ0n) is 11.1. The predicted molar refractivity (Wildman–Crippen MR) is 73.2 cm³/mol. The van der Waals surface area contributed by atoms with E-state index in [2.05, 4.69) is 4.40 Å². The van der Waals surface area contributed by atoms with Gasteiger partial charge in [0.15, 0.2) is 0 Å². The Hall–Kier alpha value is -1.63. The Balaban J connectivity index is 3.22. The van der Waals surface area contributed by atoms with E-state index in [4.69, 9.17) is 0 Å². The minimum Gasteiger partial charge on any atom is -0.258 e. The third-order valence-electron chi connectivity index (χ3n) is 2.29. The molecule has 0 N–H and O–H groups in total. The normalized spacial score (nSPS) is 14.3. The molecule has 0 aliphatic heterocycles. The van der Waals surface area contributed by atoms with Crippen LogP contribution in [0.5, 0.6) is 0 Å². The molecule has 19 heavy (non-hydrogen) atoms. The van der Waals surface area contributed by atoms with Crippen LogP contribution in [0.3, 0.4) is 0 Å². The molecule has 0 amide bonds. The third kappa shape index (κ3) is 3.92. The van der Waals surface area contributed by atoms with Gasteiger partial charge in [0.25, 0.3) is 5.69 Å². The summed E-state index contributed by atoms with van der Waals surface area (Å²) in [6, 6.07) is 3.17. The lowest BCUT2D eigenvalue weighted by molar-refractivity contribution is -0.384. The highest BCUT2D eigenvalue weighted by molar-refractivity contribution is 7.85. The largest absolute Gasteiger partial charge is 0.270 e. The number of nitrogens with zero attached hydrogens (tertiary/aromatic N) is 2. The molecule has 0 aromatic heterocycles. The van der Waals surface area contributed by atoms with Crippen LogP contribution in [0, 0.1) is 15.9 Å². The number of hydrogen-bond donors (Lipinski definition) is 0. The zero-order chi connectivity index (χ0) is 14.8. The van der Waals surface area contributed by atoms with Crippen molar-refractivity contribution < 1.29 is 13.5 Å². The topological polar surface area (TPSA) is 72.6 Å². The highest BCUT2D eigenvalue weighted by Crippen LogP contribution is 2.19. The average Bonchev–Trinajstić information content (AvgIpc) is 2.27. The van der Waals surface area contributed by atoms with Crippen LogP contribution in [0.4, 0.5) is 10.1 Å². The molecule has 5 nitrogen and oxygen atoms in total. The van der Waals surface area contributed by atoms with E-state index >= 15 is 0 Å². The van der Waals surface area contributed by atoms with Crippen LogP contribution in [-0.4, -0.2) is 19.6 Å². The van der Waals surface area contributed by atoms with Crippen molar-refractivity contribution >= 4 is 22.4 Å². The van der Waals surface area contributed by atoms with Gasteiger partial charge in [-0.25, -0.2) is 8.60 Å². The van der Waals surface area contributed by atoms with Crippen molar-refractivity contribution in [3.8, 4) is 0 Å². The Morgan fingerprint density at radius 2 is 2.00 bits per heavy atom. The van der Waals surface area contributed by atoms with E-state index in [1.54, 1.807) is 20.8 Å². The number of halogens is 1. The van der Waals surface area contributed by atoms with Crippen LogP contribution in [-0.2, 0) is 11.0 Å². The van der Waals surface area contributed by atoms with E-state index in [9.17, 15) is 18.7 Å². The lowest BCUT2D eigenvalue weighted by atomic mass is 10.1. The molecule has 1 aromatic carbocycles. The Labute approximate surface area is 113 Å². The quantitative estimate of drug-likeness (QED) is 0.487. The van der Waals surface area contributed by atoms with E-state index in [1.807, 2.05) is 0 Å². The zero-order valence-corrected chi connectivity index (χ0v) is 12.0. The van der Waals surface area contributed by atoms with Crippen molar-refractivity contribution in [2.75, 3.05) is 0 Å². The van der Waals surface area contributed by atoms with E-state index in [1.165, 1.54) is 6.92 Å². The first-order valence-electron chi connectivity index (χ1n) is 5.54. The second kappa shape index (κ2) is 5.56. The average molecular weight is 286 g/mol. The fourth-order valence-electron chi connectivity index (χ4n) is 1.21. The second-order valence-electron chi connectivity index (χ2n) is 4.96. The molecule has 0 fully saturated rings. The molecule has 0 unspecified atom stereocenters. The van der Waals surface area contributed by atoms with Crippen molar-refractivity contribution in [3.05, 3.63) is 39.7 Å². The molecule has 0 bridgehead atoms. The van der Waals surface area contributed by atoms with Gasteiger partial charge in [-0.15, -0.1) is 0 Å². The van der Waals surface area contributed by atoms with Crippen LogP contribution in [0.15, 0.2) is 22.6 Å². The molecular weight excluding hydrogens is 271 g/mol. The molecule has 104 valence electrons. The smallest absolute Gasteiger partial charge is 0.258 e. The minimum atomic E-state index is -1.54. The number of nitro groups is 1. The number of hydrogen-bond acceptors (Lipinski definition) is 3. The van der Waals surface area contributed by atoms with Crippen molar-refractivity contribution in [2.24, 2.45) is 4.40 Å². The number of non-ortho nitro benzene ring substituents is 1. The lowest BCUT2D eigenvalue weighted by Crippen LogP contribution is -2.20. The fourth-order valence-corrected chi connectivity index (χ4v) is 1.84. The molecule has 1 atom stereocenters. The summed E-state index contributed by atoms with van der Waals surface area (Å²) in [5, 5.41) is 10.7. The summed E-state index contributed by atoms with van der Waals surface area (Å²) in [5.41, 5.74) is -0.0613. The molecule has 0 aliphatic rings. The van der Waals surface area contributed by atoms with Gasteiger partial charge in [-0.05, 0) is 33.8 Å². The van der Waals surface area contributed by atoms with E-state index in [-0.39, 0.29) is 17.0 Å². The van der Waals surface area contributed by atoms with Crippen LogP contribution >= 0.6 is 0 Å². The summed E-state index contributed by atoms with van der Waals surface area (Å²) in [7, 11) is -1.54. The first kappa shape index (κ1) is 15.4. The van der Waals surface area contributed by atoms with Crippen LogP contribution < -0.4 is 0 Å². The summed E-state index contributed by atoms with van der Waals surface area (Å²) >= 11 is 0. The molecule has 0 aliphatic carbocycles. The lowest BCUT2D eigenvalue weighted by Gasteiger charge is -2.14. The van der Waals surface area contributed by atoms with Gasteiger partial charge in [-0.2, -0.15) is 4.40 Å². The molecule has 1 aromatic rings. The van der Waals surface area contributed by atoms with Crippen LogP contribution in [0.2, 0.25) is 0 Å². The Morgan fingerprint density at radius 1 is 1.42 bits per heavy atom. The fraction of sp³-hybridized carbons (Fsp3) is 0.417. The van der Waals surface area contributed by atoms with Crippen molar-refractivity contribution in [2.45, 2.75) is 32.4 Å². The molecule has 0 heterocycles. The number of nitro benzene ring substituents is 1. The second-order valence-corrected chi connectivity index (χ2v) is 6.87. The van der Waals surface area contributed by atoms with E-state index in [0.29, 0.717) is 0 Å². The van der Waals surface area contributed by atoms with E-state index < -0.39 is 26.5 Å². The van der Waals surface area contributed by atoms with Gasteiger partial charge >= 0.3 is 0 Å². The summed E-state index contributed by atoms with van der Waals surface area (Å²) in [6.45, 7) is 6.70. The van der Waals surface area contributed by atoms with Gasteiger partial charge in [-0.3, -0.25) is 10.1 Å². The molecule has 0 spiro atoms. The molecular formula is C12H15FN2O3S. The predicted octanol–water partition coefficient (Wildman–Crippen LogP) is 3.01. The standard InChI is InChI=1S/C12H15FN2O3S/c1-8(14-19(18)12(2,3)4)10-7-9(15(16)17)5-6-11(10)13/h5-7H,1-4H3/t19-/m1/s1. The van der Waals surface area contributed by atoms with Gasteiger partial charge < -0.3 is 0 Å². The molecule has 7 heteroatoms. The molecule has 0 radical (unpaired) electrons. The summed E-state index contributed by atoms with van der Waals surface area (Å²) in [5.74, 6) is -0.627. The van der Waals surface area contributed by atoms with Crippen molar-refractivity contribution in [1.29, 1.82) is 0 Å². The Kier molecular flexibility index (Phi) is 4.52. The maximum absolute atomic E-state index is 13.6. The van der Waals surface area contributed by atoms with Crippen LogP contribution in [0.1, 0.15) is 33.3 Å². The highest BCUT2D eigenvalue weighted by Gasteiger charge is 2.20. The maximum atomic E-state index is 13.6. The monoisotopic (exact) mass is 286 g/mol. The van der Waals surface area contributed by atoms with Gasteiger partial charge in [0.1, 0.15) is 16.8 Å². The summed E-state index contributed by atoms with van der Waals surface area (Å²) in [4.78, 5) is 10.0. The molecule has 0 saturated carbocycles. The first-order chi connectivity index (χ1) is 8.62. The molecule has 0 saturated heterocycles. The van der Waals surface area contributed by atoms with E-state index in [0.717, 1.165) is 18.2 Å². The number of rotatable bonds is 3. The van der Waals surface area contributed by atoms with Gasteiger partial charge in [-0.1, -0.05) is 0 Å². The van der Waals surface area contributed by atoms with Gasteiger partial charge in [0.05, 0.1) is 15.4 Å². The van der Waals surface area contributed by atoms with Gasteiger partial charge in [0.2, 0.25) is 0 Å². The van der Waals surface area contributed by atoms with Crippen molar-refractivity contribution in [3.63, 3.8) is 0 Å². The highest BCUT2D eigenvalue weighted by atomic mass is 32.2. The maximum Gasteiger partial charge on any atom is 0.270 e. The first-order valence-corrected chi connectivity index (χ1v) is 6.65. The summed E-state index contributed by atoms with van der Waals surface area (Å²) in [6.07, 6.45) is 0. The molecule has 1 rings (SSSR count).